The maximum atomic E-state index is 12.3. The molecule has 2 atom stereocenters. The van der Waals surface area contributed by atoms with Crippen molar-refractivity contribution in [2.75, 3.05) is 6.54 Å². The molecule has 0 bridgehead atoms. The molecule has 21 heavy (non-hydrogen) atoms. The second kappa shape index (κ2) is 5.95. The molecule has 1 fully saturated rings. The van der Waals surface area contributed by atoms with Gasteiger partial charge >= 0.3 is 0 Å². The van der Waals surface area contributed by atoms with Gasteiger partial charge in [-0.25, -0.2) is 0 Å². The topological polar surface area (TPSA) is 70.6 Å². The third-order valence-corrected chi connectivity index (χ3v) is 4.09. The molecule has 3 rings (SSSR count). The molecule has 2 aliphatic rings. The number of hydrogen-bond donors (Lipinski definition) is 2. The summed E-state index contributed by atoms with van der Waals surface area (Å²) in [6.45, 7) is 0.883. The van der Waals surface area contributed by atoms with E-state index >= 15 is 0 Å². The number of amides is 2. The number of nitrogens with zero attached hydrogens (tertiary/aromatic N) is 1. The molecular formula is C15H16ClN3O2. The minimum atomic E-state index is -0.880. The van der Waals surface area contributed by atoms with E-state index in [1.165, 1.54) is 0 Å². The molecule has 1 aromatic carbocycles. The second-order valence-corrected chi connectivity index (χ2v) is 5.75. The molecule has 6 heteroatoms. The van der Waals surface area contributed by atoms with Gasteiger partial charge in [-0.15, -0.1) is 0 Å². The molecule has 1 aromatic rings. The number of rotatable bonds is 2. The van der Waals surface area contributed by atoms with Gasteiger partial charge in [-0.2, -0.15) is 4.99 Å². The zero-order chi connectivity index (χ0) is 14.8. The molecule has 2 unspecified atom stereocenters. The van der Waals surface area contributed by atoms with Crippen molar-refractivity contribution >= 4 is 29.3 Å². The fraction of sp³-hybridized carbons (Fsp3) is 0.400. The summed E-state index contributed by atoms with van der Waals surface area (Å²) in [6.07, 6.45) is 3.07. The van der Waals surface area contributed by atoms with Crippen LogP contribution in [0.5, 0.6) is 0 Å². The summed E-state index contributed by atoms with van der Waals surface area (Å²) in [6, 6.07) is 6.67. The Morgan fingerprint density at radius 3 is 2.52 bits per heavy atom. The predicted octanol–water partition coefficient (Wildman–Crippen LogP) is 1.62. The molecule has 0 aliphatic carbocycles. The number of halogens is 1. The van der Waals surface area contributed by atoms with E-state index in [0.29, 0.717) is 16.4 Å². The van der Waals surface area contributed by atoms with Crippen LogP contribution in [0.15, 0.2) is 29.3 Å². The molecule has 2 N–H and O–H groups in total. The van der Waals surface area contributed by atoms with E-state index in [1.807, 2.05) is 0 Å². The van der Waals surface area contributed by atoms with E-state index in [0.717, 1.165) is 25.8 Å². The number of piperidine rings is 1. The fourth-order valence-electron chi connectivity index (χ4n) is 2.72. The fourth-order valence-corrected chi connectivity index (χ4v) is 2.85. The monoisotopic (exact) mass is 305 g/mol. The van der Waals surface area contributed by atoms with Gasteiger partial charge in [0.2, 0.25) is 5.91 Å². The SMILES string of the molecule is O=C1N=C(C2CCCCN2)NC(=O)C1c1ccc(Cl)cc1. The van der Waals surface area contributed by atoms with Crippen molar-refractivity contribution in [2.45, 2.75) is 31.2 Å². The molecule has 110 valence electrons. The van der Waals surface area contributed by atoms with Gasteiger partial charge in [-0.05, 0) is 37.1 Å². The molecule has 0 radical (unpaired) electrons. The lowest BCUT2D eigenvalue weighted by Crippen LogP contribution is -2.53. The Bertz CT molecular complexity index is 591. The Labute approximate surface area is 127 Å². The third kappa shape index (κ3) is 2.99. The largest absolute Gasteiger partial charge is 0.312 e. The molecule has 5 nitrogen and oxygen atoms in total. The van der Waals surface area contributed by atoms with Crippen molar-refractivity contribution in [3.05, 3.63) is 34.9 Å². The van der Waals surface area contributed by atoms with Crippen LogP contribution in [0.3, 0.4) is 0 Å². The lowest BCUT2D eigenvalue weighted by Gasteiger charge is -2.28. The molecule has 0 spiro atoms. The first-order chi connectivity index (χ1) is 10.1. The van der Waals surface area contributed by atoms with Crippen LogP contribution in [0.2, 0.25) is 5.02 Å². The van der Waals surface area contributed by atoms with Gasteiger partial charge in [0, 0.05) is 5.02 Å². The molecule has 0 aromatic heterocycles. The predicted molar refractivity (Wildman–Crippen MR) is 80.4 cm³/mol. The van der Waals surface area contributed by atoms with Crippen LogP contribution in [0.25, 0.3) is 0 Å². The second-order valence-electron chi connectivity index (χ2n) is 5.31. The maximum Gasteiger partial charge on any atom is 0.264 e. The Balaban J connectivity index is 1.83. The average Bonchev–Trinajstić information content (AvgIpc) is 2.49. The third-order valence-electron chi connectivity index (χ3n) is 3.83. The number of aliphatic imine (C=N–C) groups is 1. The van der Waals surface area contributed by atoms with Crippen molar-refractivity contribution in [3.63, 3.8) is 0 Å². The van der Waals surface area contributed by atoms with Crippen molar-refractivity contribution in [2.24, 2.45) is 4.99 Å². The van der Waals surface area contributed by atoms with E-state index < -0.39 is 11.8 Å². The van der Waals surface area contributed by atoms with E-state index in [4.69, 9.17) is 11.6 Å². The summed E-state index contributed by atoms with van der Waals surface area (Å²) in [5.41, 5.74) is 0.612. The van der Waals surface area contributed by atoms with Crippen molar-refractivity contribution in [3.8, 4) is 0 Å². The number of amidine groups is 1. The van der Waals surface area contributed by atoms with Gasteiger partial charge in [0.05, 0.1) is 6.04 Å². The van der Waals surface area contributed by atoms with Gasteiger partial charge in [-0.1, -0.05) is 30.2 Å². The molecule has 2 aliphatic heterocycles. The summed E-state index contributed by atoms with van der Waals surface area (Å²) < 4.78 is 0. The lowest BCUT2D eigenvalue weighted by molar-refractivity contribution is -0.129. The Morgan fingerprint density at radius 1 is 1.14 bits per heavy atom. The van der Waals surface area contributed by atoms with Gasteiger partial charge < -0.3 is 10.6 Å². The van der Waals surface area contributed by atoms with Crippen molar-refractivity contribution < 1.29 is 9.59 Å². The normalized spacial score (nSPS) is 26.2. The van der Waals surface area contributed by atoms with Gasteiger partial charge in [0.25, 0.3) is 5.91 Å². The number of nitrogens with one attached hydrogen (secondary N) is 2. The number of carbonyl (C=O) groups excluding carboxylic acids is 2. The van der Waals surface area contributed by atoms with Gasteiger partial charge in [-0.3, -0.25) is 9.59 Å². The van der Waals surface area contributed by atoms with Crippen LogP contribution < -0.4 is 10.6 Å². The van der Waals surface area contributed by atoms with Crippen LogP contribution in [0.1, 0.15) is 30.7 Å². The van der Waals surface area contributed by atoms with Crippen molar-refractivity contribution in [1.82, 2.24) is 10.6 Å². The summed E-state index contributed by atoms with van der Waals surface area (Å²) in [5, 5.41) is 6.62. The maximum absolute atomic E-state index is 12.3. The van der Waals surface area contributed by atoms with E-state index in [1.54, 1.807) is 24.3 Å². The highest BCUT2D eigenvalue weighted by molar-refractivity contribution is 6.30. The zero-order valence-electron chi connectivity index (χ0n) is 11.4. The van der Waals surface area contributed by atoms with E-state index in [2.05, 4.69) is 15.6 Å². The van der Waals surface area contributed by atoms with Gasteiger partial charge in [0.15, 0.2) is 0 Å². The number of carbonyl (C=O) groups is 2. The van der Waals surface area contributed by atoms with Gasteiger partial charge in [0.1, 0.15) is 11.8 Å². The molecule has 2 amide bonds. The first kappa shape index (κ1) is 14.2. The Kier molecular flexibility index (Phi) is 4.03. The summed E-state index contributed by atoms with van der Waals surface area (Å²) in [4.78, 5) is 28.6. The number of benzene rings is 1. The zero-order valence-corrected chi connectivity index (χ0v) is 12.2. The Morgan fingerprint density at radius 2 is 1.90 bits per heavy atom. The highest BCUT2D eigenvalue weighted by atomic mass is 35.5. The van der Waals surface area contributed by atoms with Crippen LogP contribution in [0, 0.1) is 0 Å². The average molecular weight is 306 g/mol. The Hall–Kier alpha value is -1.72. The first-order valence-electron chi connectivity index (χ1n) is 7.07. The quantitative estimate of drug-likeness (QED) is 0.816. The van der Waals surface area contributed by atoms with E-state index in [9.17, 15) is 9.59 Å². The first-order valence-corrected chi connectivity index (χ1v) is 7.45. The lowest BCUT2D eigenvalue weighted by atomic mass is 9.95. The van der Waals surface area contributed by atoms with Crippen LogP contribution in [-0.2, 0) is 9.59 Å². The summed E-state index contributed by atoms with van der Waals surface area (Å²) in [5.74, 6) is -1.16. The standard InChI is InChI=1S/C15H16ClN3O2/c16-10-6-4-9(5-7-10)12-14(20)18-13(19-15(12)21)11-3-1-2-8-17-11/h4-7,11-12,17H,1-3,8H2,(H,18,19,20,21). The number of hydrogen-bond acceptors (Lipinski definition) is 3. The van der Waals surface area contributed by atoms with Crippen LogP contribution in [-0.4, -0.2) is 30.2 Å². The molecule has 2 heterocycles. The summed E-state index contributed by atoms with van der Waals surface area (Å²) >= 11 is 5.83. The van der Waals surface area contributed by atoms with E-state index in [-0.39, 0.29) is 11.9 Å². The molecular weight excluding hydrogens is 290 g/mol. The minimum absolute atomic E-state index is 0.0298. The smallest absolute Gasteiger partial charge is 0.264 e. The minimum Gasteiger partial charge on any atom is -0.312 e. The van der Waals surface area contributed by atoms with Crippen molar-refractivity contribution in [1.29, 1.82) is 0 Å². The van der Waals surface area contributed by atoms with Crippen LogP contribution >= 0.6 is 11.6 Å². The highest BCUT2D eigenvalue weighted by Crippen LogP contribution is 2.23. The molecule has 0 saturated carbocycles. The highest BCUT2D eigenvalue weighted by Gasteiger charge is 2.35. The molecule has 1 saturated heterocycles. The van der Waals surface area contributed by atoms with Crippen LogP contribution in [0.4, 0.5) is 0 Å². The summed E-state index contributed by atoms with van der Waals surface area (Å²) in [7, 11) is 0.